The molecule has 5 heteroatoms. The first-order valence-electron chi connectivity index (χ1n) is 8.25. The number of carbonyl (C=O) groups excluding carboxylic acids is 2. The summed E-state index contributed by atoms with van der Waals surface area (Å²) in [6, 6.07) is 16.1. The van der Waals surface area contributed by atoms with Crippen molar-refractivity contribution in [2.75, 3.05) is 13.1 Å². The molecule has 2 aromatic carbocycles. The Morgan fingerprint density at radius 2 is 2.04 bits per heavy atom. The number of ether oxygens (including phenoxy) is 1. The lowest BCUT2D eigenvalue weighted by molar-refractivity contribution is -0.0442. The number of esters is 1. The number of likely N-dealkylation sites (tertiary alicyclic amines) is 1. The first-order valence-corrected chi connectivity index (χ1v) is 8.25. The van der Waals surface area contributed by atoms with Crippen molar-refractivity contribution in [1.29, 1.82) is 5.26 Å². The molecule has 0 aliphatic carbocycles. The number of nitrogens with zero attached hydrogens (tertiary/aromatic N) is 2. The molecule has 2 aromatic rings. The summed E-state index contributed by atoms with van der Waals surface area (Å²) >= 11 is 0. The van der Waals surface area contributed by atoms with Gasteiger partial charge < -0.3 is 9.64 Å². The zero-order chi connectivity index (χ0) is 17.4. The molecule has 5 nitrogen and oxygen atoms in total. The molecule has 1 atom stereocenters. The molecule has 2 aliphatic heterocycles. The van der Waals surface area contributed by atoms with Crippen molar-refractivity contribution in [2.24, 2.45) is 0 Å². The molecule has 2 heterocycles. The maximum absolute atomic E-state index is 12.9. The van der Waals surface area contributed by atoms with Gasteiger partial charge >= 0.3 is 5.97 Å². The molecule has 0 aromatic heterocycles. The van der Waals surface area contributed by atoms with Crippen LogP contribution in [0.15, 0.2) is 48.5 Å². The second-order valence-corrected chi connectivity index (χ2v) is 6.45. The average Bonchev–Trinajstić information content (AvgIpc) is 2.93. The molecule has 4 rings (SSSR count). The van der Waals surface area contributed by atoms with Crippen LogP contribution in [-0.4, -0.2) is 29.9 Å². The third kappa shape index (κ3) is 2.47. The quantitative estimate of drug-likeness (QED) is 0.753. The minimum absolute atomic E-state index is 0.142. The highest BCUT2D eigenvalue weighted by molar-refractivity contribution is 5.96. The Balaban J connectivity index is 1.65. The topological polar surface area (TPSA) is 70.4 Å². The van der Waals surface area contributed by atoms with Crippen LogP contribution in [0.3, 0.4) is 0 Å². The summed E-state index contributed by atoms with van der Waals surface area (Å²) < 4.78 is 5.74. The Hall–Kier alpha value is -3.13. The van der Waals surface area contributed by atoms with E-state index in [0.717, 1.165) is 12.0 Å². The SMILES string of the molecule is N#Cc1cccc(C(=O)N2CCCC3(C2)OC(=O)c2ccccc23)c1. The molecule has 0 N–H and O–H groups in total. The van der Waals surface area contributed by atoms with Crippen molar-refractivity contribution in [3.05, 3.63) is 70.8 Å². The van der Waals surface area contributed by atoms with Crippen LogP contribution in [0.5, 0.6) is 0 Å². The Bertz CT molecular complexity index is 915. The maximum atomic E-state index is 12.9. The number of hydrogen-bond donors (Lipinski definition) is 0. The normalized spacial score (nSPS) is 21.6. The van der Waals surface area contributed by atoms with Crippen molar-refractivity contribution in [3.63, 3.8) is 0 Å². The molecule has 2 aliphatic rings. The van der Waals surface area contributed by atoms with E-state index in [4.69, 9.17) is 10.00 Å². The molecule has 124 valence electrons. The molecule has 0 saturated carbocycles. The number of benzene rings is 2. The standard InChI is InChI=1S/C20H16N2O3/c21-12-14-5-3-6-15(11-14)18(23)22-10-4-9-20(13-22)17-8-2-1-7-16(17)19(24)25-20/h1-3,5-8,11H,4,9-10,13H2. The third-order valence-corrected chi connectivity index (χ3v) is 4.91. The molecule has 1 saturated heterocycles. The predicted octanol–water partition coefficient (Wildman–Crippen LogP) is 2.86. The van der Waals surface area contributed by atoms with Gasteiger partial charge in [0.2, 0.25) is 0 Å². The fourth-order valence-corrected chi connectivity index (χ4v) is 3.75. The van der Waals surface area contributed by atoms with E-state index in [9.17, 15) is 9.59 Å². The lowest BCUT2D eigenvalue weighted by Crippen LogP contribution is -2.48. The fraction of sp³-hybridized carbons (Fsp3) is 0.250. The summed E-state index contributed by atoms with van der Waals surface area (Å²) in [6.07, 6.45) is 1.46. The highest BCUT2D eigenvalue weighted by atomic mass is 16.6. The molecular formula is C20H16N2O3. The number of rotatable bonds is 1. The molecule has 0 bridgehead atoms. The van der Waals surface area contributed by atoms with Crippen LogP contribution in [0.4, 0.5) is 0 Å². The Labute approximate surface area is 145 Å². The molecule has 0 radical (unpaired) electrons. The van der Waals surface area contributed by atoms with E-state index in [1.165, 1.54) is 0 Å². The van der Waals surface area contributed by atoms with Gasteiger partial charge in [0.25, 0.3) is 5.91 Å². The number of hydrogen-bond acceptors (Lipinski definition) is 4. The highest BCUT2D eigenvalue weighted by Gasteiger charge is 2.48. The summed E-state index contributed by atoms with van der Waals surface area (Å²) in [5.74, 6) is -0.465. The Kier molecular flexibility index (Phi) is 3.54. The summed E-state index contributed by atoms with van der Waals surface area (Å²) in [5.41, 5.74) is 1.63. The third-order valence-electron chi connectivity index (χ3n) is 4.91. The van der Waals surface area contributed by atoms with Crippen LogP contribution in [-0.2, 0) is 10.3 Å². The van der Waals surface area contributed by atoms with Crippen molar-refractivity contribution < 1.29 is 14.3 Å². The number of piperidine rings is 1. The van der Waals surface area contributed by atoms with Gasteiger partial charge in [-0.25, -0.2) is 4.79 Å². The van der Waals surface area contributed by atoms with E-state index in [2.05, 4.69) is 6.07 Å². The minimum Gasteiger partial charge on any atom is -0.449 e. The van der Waals surface area contributed by atoms with Crippen LogP contribution in [0.1, 0.15) is 44.7 Å². The van der Waals surface area contributed by atoms with Crippen molar-refractivity contribution in [2.45, 2.75) is 18.4 Å². The Morgan fingerprint density at radius 3 is 2.88 bits per heavy atom. The monoisotopic (exact) mass is 332 g/mol. The summed E-state index contributed by atoms with van der Waals surface area (Å²) in [7, 11) is 0. The second-order valence-electron chi connectivity index (χ2n) is 6.45. The van der Waals surface area contributed by atoms with Crippen LogP contribution >= 0.6 is 0 Å². The van der Waals surface area contributed by atoms with E-state index in [-0.39, 0.29) is 11.9 Å². The van der Waals surface area contributed by atoms with Crippen LogP contribution in [0.2, 0.25) is 0 Å². The molecule has 25 heavy (non-hydrogen) atoms. The lowest BCUT2D eigenvalue weighted by atomic mass is 9.85. The molecule has 1 fully saturated rings. The Morgan fingerprint density at radius 1 is 1.20 bits per heavy atom. The average molecular weight is 332 g/mol. The van der Waals surface area contributed by atoms with Gasteiger partial charge in [0.15, 0.2) is 5.60 Å². The number of nitriles is 1. The maximum Gasteiger partial charge on any atom is 0.339 e. The van der Waals surface area contributed by atoms with E-state index in [1.54, 1.807) is 35.2 Å². The molecule has 1 spiro atoms. The van der Waals surface area contributed by atoms with E-state index < -0.39 is 5.60 Å². The number of amides is 1. The van der Waals surface area contributed by atoms with Crippen LogP contribution in [0, 0.1) is 11.3 Å². The van der Waals surface area contributed by atoms with E-state index in [0.29, 0.717) is 36.2 Å². The van der Waals surface area contributed by atoms with Gasteiger partial charge in [0.1, 0.15) is 0 Å². The zero-order valence-corrected chi connectivity index (χ0v) is 13.6. The smallest absolute Gasteiger partial charge is 0.339 e. The van der Waals surface area contributed by atoms with Gasteiger partial charge in [0, 0.05) is 17.7 Å². The number of carbonyl (C=O) groups is 2. The van der Waals surface area contributed by atoms with Crippen molar-refractivity contribution >= 4 is 11.9 Å². The van der Waals surface area contributed by atoms with Gasteiger partial charge in [-0.1, -0.05) is 24.3 Å². The van der Waals surface area contributed by atoms with Crippen LogP contribution in [0.25, 0.3) is 0 Å². The summed E-state index contributed by atoms with van der Waals surface area (Å²) in [4.78, 5) is 26.8. The predicted molar refractivity (Wildman–Crippen MR) is 89.8 cm³/mol. The fourth-order valence-electron chi connectivity index (χ4n) is 3.75. The molecule has 1 amide bonds. The summed E-state index contributed by atoms with van der Waals surface area (Å²) in [6.45, 7) is 0.947. The van der Waals surface area contributed by atoms with E-state index >= 15 is 0 Å². The van der Waals surface area contributed by atoms with E-state index in [1.807, 2.05) is 18.2 Å². The summed E-state index contributed by atoms with van der Waals surface area (Å²) in [5, 5.41) is 9.03. The number of fused-ring (bicyclic) bond motifs is 2. The molecule has 1 unspecified atom stereocenters. The molecular weight excluding hydrogens is 316 g/mol. The van der Waals surface area contributed by atoms with Gasteiger partial charge in [-0.05, 0) is 37.1 Å². The van der Waals surface area contributed by atoms with Crippen LogP contribution < -0.4 is 0 Å². The lowest BCUT2D eigenvalue weighted by Gasteiger charge is -2.39. The first kappa shape index (κ1) is 15.4. The van der Waals surface area contributed by atoms with Crippen molar-refractivity contribution in [1.82, 2.24) is 4.90 Å². The highest BCUT2D eigenvalue weighted by Crippen LogP contribution is 2.42. The zero-order valence-electron chi connectivity index (χ0n) is 13.6. The van der Waals surface area contributed by atoms with Gasteiger partial charge in [0.05, 0.1) is 23.7 Å². The van der Waals surface area contributed by atoms with Crippen molar-refractivity contribution in [3.8, 4) is 6.07 Å². The van der Waals surface area contributed by atoms with Gasteiger partial charge in [-0.3, -0.25) is 4.79 Å². The van der Waals surface area contributed by atoms with Gasteiger partial charge in [-0.2, -0.15) is 5.26 Å². The van der Waals surface area contributed by atoms with Gasteiger partial charge in [-0.15, -0.1) is 0 Å². The second kappa shape index (κ2) is 5.75. The minimum atomic E-state index is -0.756. The largest absolute Gasteiger partial charge is 0.449 e. The first-order chi connectivity index (χ1) is 12.1.